The summed E-state index contributed by atoms with van der Waals surface area (Å²) in [6, 6.07) is 0. The molecular weight excluding hydrogens is 264 g/mol. The summed E-state index contributed by atoms with van der Waals surface area (Å²) < 4.78 is 12.8. The summed E-state index contributed by atoms with van der Waals surface area (Å²) in [5.41, 5.74) is 0. The van der Waals surface area contributed by atoms with Gasteiger partial charge in [0.25, 0.3) is 0 Å². The van der Waals surface area contributed by atoms with E-state index in [1.165, 1.54) is 57.8 Å². The van der Waals surface area contributed by atoms with Crippen molar-refractivity contribution < 1.29 is 8.85 Å². The molecule has 118 valence electrons. The molecule has 0 aliphatic heterocycles. The molecule has 2 aliphatic carbocycles. The Morgan fingerprint density at radius 1 is 0.800 bits per heavy atom. The van der Waals surface area contributed by atoms with Gasteiger partial charge in [0.15, 0.2) is 0 Å². The minimum absolute atomic E-state index is 0.312. The molecule has 2 nitrogen and oxygen atoms in total. The smallest absolute Gasteiger partial charge is 0.328 e. The van der Waals surface area contributed by atoms with Crippen LogP contribution in [0.15, 0.2) is 0 Å². The van der Waals surface area contributed by atoms with Gasteiger partial charge in [-0.15, -0.1) is 0 Å². The van der Waals surface area contributed by atoms with Gasteiger partial charge in [-0.25, -0.2) is 0 Å². The topological polar surface area (TPSA) is 18.5 Å². The van der Waals surface area contributed by atoms with E-state index in [0.717, 1.165) is 5.92 Å². The zero-order valence-corrected chi connectivity index (χ0v) is 15.1. The summed E-state index contributed by atoms with van der Waals surface area (Å²) in [7, 11) is -1.61. The molecule has 2 saturated carbocycles. The van der Waals surface area contributed by atoms with Crippen LogP contribution in [0.25, 0.3) is 0 Å². The lowest BCUT2D eigenvalue weighted by molar-refractivity contribution is 0.0894. The molecule has 2 aliphatic rings. The molecule has 0 heterocycles. The summed E-state index contributed by atoms with van der Waals surface area (Å²) >= 11 is 0. The normalized spacial score (nSPS) is 24.1. The van der Waals surface area contributed by atoms with E-state index in [1.807, 2.05) is 0 Å². The van der Waals surface area contributed by atoms with Crippen LogP contribution in [-0.2, 0) is 8.85 Å². The molecule has 2 rings (SSSR count). The molecule has 0 N–H and O–H groups in total. The minimum Gasteiger partial charge on any atom is -0.394 e. The molecule has 0 radical (unpaired) electrons. The van der Waals surface area contributed by atoms with Gasteiger partial charge < -0.3 is 8.85 Å². The van der Waals surface area contributed by atoms with Crippen molar-refractivity contribution in [3.63, 3.8) is 0 Å². The second kappa shape index (κ2) is 7.41. The van der Waals surface area contributed by atoms with Crippen LogP contribution in [0, 0.1) is 5.92 Å². The fourth-order valence-electron chi connectivity index (χ4n) is 4.34. The van der Waals surface area contributed by atoms with E-state index in [0.29, 0.717) is 17.2 Å². The van der Waals surface area contributed by atoms with Crippen LogP contribution >= 0.6 is 0 Å². The molecule has 0 aromatic heterocycles. The van der Waals surface area contributed by atoms with E-state index in [-0.39, 0.29) is 0 Å². The fourth-order valence-corrected chi connectivity index (χ4v) is 7.54. The quantitative estimate of drug-likeness (QED) is 0.646. The second-order valence-electron chi connectivity index (χ2n) is 7.48. The molecule has 0 atom stereocenters. The first-order valence-corrected chi connectivity index (χ1v) is 10.4. The Hall–Kier alpha value is 0.137. The van der Waals surface area contributed by atoms with E-state index in [1.54, 1.807) is 0 Å². The maximum absolute atomic E-state index is 6.42. The van der Waals surface area contributed by atoms with E-state index in [9.17, 15) is 0 Å². The van der Waals surface area contributed by atoms with Crippen molar-refractivity contribution in [2.24, 2.45) is 5.92 Å². The summed E-state index contributed by atoms with van der Waals surface area (Å²) in [5.74, 6) is 0.882. The zero-order valence-electron chi connectivity index (χ0n) is 14.0. The number of rotatable bonds is 6. The third kappa shape index (κ3) is 3.86. The minimum atomic E-state index is -1.61. The SMILES string of the molecule is CC(C)O[SiH](OC(C)C)C1(C2CCCCC2)CCCC1. The summed E-state index contributed by atoms with van der Waals surface area (Å²) in [4.78, 5) is 0. The Bertz CT molecular complexity index is 269. The highest BCUT2D eigenvalue weighted by Crippen LogP contribution is 2.58. The fraction of sp³-hybridized carbons (Fsp3) is 1.00. The van der Waals surface area contributed by atoms with Crippen molar-refractivity contribution in [3.8, 4) is 0 Å². The Balaban J connectivity index is 2.17. The van der Waals surface area contributed by atoms with Gasteiger partial charge >= 0.3 is 9.28 Å². The zero-order chi connectivity index (χ0) is 14.6. The van der Waals surface area contributed by atoms with Crippen LogP contribution in [0.4, 0.5) is 0 Å². The van der Waals surface area contributed by atoms with Gasteiger partial charge in [0.1, 0.15) is 0 Å². The molecule has 0 unspecified atom stereocenters. The first-order valence-electron chi connectivity index (χ1n) is 8.85. The summed E-state index contributed by atoms with van der Waals surface area (Å²) in [6.07, 6.45) is 13.3. The van der Waals surface area contributed by atoms with Crippen LogP contribution in [-0.4, -0.2) is 21.5 Å². The third-order valence-corrected chi connectivity index (χ3v) is 8.78. The summed E-state index contributed by atoms with van der Waals surface area (Å²) in [6.45, 7) is 8.70. The molecule has 2 fully saturated rings. The lowest BCUT2D eigenvalue weighted by atomic mass is 9.78. The highest BCUT2D eigenvalue weighted by atomic mass is 28.3. The van der Waals surface area contributed by atoms with Crippen molar-refractivity contribution in [2.45, 2.75) is 103 Å². The Labute approximate surface area is 127 Å². The van der Waals surface area contributed by atoms with Crippen molar-refractivity contribution in [1.82, 2.24) is 0 Å². The lowest BCUT2D eigenvalue weighted by Crippen LogP contribution is -2.45. The Morgan fingerprint density at radius 2 is 1.30 bits per heavy atom. The van der Waals surface area contributed by atoms with Crippen molar-refractivity contribution in [2.75, 3.05) is 0 Å². The van der Waals surface area contributed by atoms with E-state index >= 15 is 0 Å². The van der Waals surface area contributed by atoms with Crippen molar-refractivity contribution in [3.05, 3.63) is 0 Å². The molecule has 0 amide bonds. The largest absolute Gasteiger partial charge is 0.394 e. The van der Waals surface area contributed by atoms with Crippen LogP contribution in [0.5, 0.6) is 0 Å². The van der Waals surface area contributed by atoms with Crippen LogP contribution in [0.3, 0.4) is 0 Å². The predicted molar refractivity (Wildman–Crippen MR) is 87.3 cm³/mol. The Morgan fingerprint density at radius 3 is 1.75 bits per heavy atom. The van der Waals surface area contributed by atoms with E-state index < -0.39 is 9.28 Å². The number of hydrogen-bond acceptors (Lipinski definition) is 2. The maximum atomic E-state index is 6.42. The van der Waals surface area contributed by atoms with Gasteiger partial charge in [0, 0.05) is 17.2 Å². The number of hydrogen-bond donors (Lipinski definition) is 0. The molecule has 20 heavy (non-hydrogen) atoms. The van der Waals surface area contributed by atoms with Gasteiger partial charge in [0.05, 0.1) is 0 Å². The Kier molecular flexibility index (Phi) is 6.12. The average Bonchev–Trinajstić information content (AvgIpc) is 2.88. The lowest BCUT2D eigenvalue weighted by Gasteiger charge is -2.44. The molecular formula is C17H34O2Si. The van der Waals surface area contributed by atoms with Crippen molar-refractivity contribution in [1.29, 1.82) is 0 Å². The van der Waals surface area contributed by atoms with Crippen molar-refractivity contribution >= 4 is 9.28 Å². The van der Waals surface area contributed by atoms with Gasteiger partial charge in [-0.1, -0.05) is 44.9 Å². The van der Waals surface area contributed by atoms with Gasteiger partial charge in [-0.05, 0) is 46.5 Å². The molecule has 0 saturated heterocycles. The first-order chi connectivity index (χ1) is 9.54. The average molecular weight is 299 g/mol. The van der Waals surface area contributed by atoms with Crippen LogP contribution < -0.4 is 0 Å². The van der Waals surface area contributed by atoms with Gasteiger partial charge in [-0.2, -0.15) is 0 Å². The van der Waals surface area contributed by atoms with E-state index in [4.69, 9.17) is 8.85 Å². The van der Waals surface area contributed by atoms with Gasteiger partial charge in [0.2, 0.25) is 0 Å². The second-order valence-corrected chi connectivity index (χ2v) is 9.83. The molecule has 0 aromatic rings. The summed E-state index contributed by atoms with van der Waals surface area (Å²) in [5, 5.41) is 0.439. The molecule has 3 heteroatoms. The highest BCUT2D eigenvalue weighted by Gasteiger charge is 2.51. The molecule has 0 spiro atoms. The maximum Gasteiger partial charge on any atom is 0.328 e. The molecule has 0 aromatic carbocycles. The predicted octanol–water partition coefficient (Wildman–Crippen LogP) is 4.95. The first kappa shape index (κ1) is 16.5. The third-order valence-electron chi connectivity index (χ3n) is 5.21. The van der Waals surface area contributed by atoms with Crippen LogP contribution in [0.1, 0.15) is 85.5 Å². The van der Waals surface area contributed by atoms with Crippen LogP contribution in [0.2, 0.25) is 5.04 Å². The molecule has 0 bridgehead atoms. The highest BCUT2D eigenvalue weighted by molar-refractivity contribution is 6.49. The van der Waals surface area contributed by atoms with Gasteiger partial charge in [-0.3, -0.25) is 0 Å². The monoisotopic (exact) mass is 298 g/mol. The standard InChI is InChI=1S/C17H34O2Si/c1-14(2)18-20(19-15(3)4)17(12-8-9-13-17)16-10-6-5-7-11-16/h14-16,20H,5-13H2,1-4H3. The van der Waals surface area contributed by atoms with E-state index in [2.05, 4.69) is 27.7 Å².